The summed E-state index contributed by atoms with van der Waals surface area (Å²) < 4.78 is 0. The van der Waals surface area contributed by atoms with Crippen LogP contribution in [0.5, 0.6) is 0 Å². The van der Waals surface area contributed by atoms with Gasteiger partial charge in [-0.3, -0.25) is 34.2 Å². The number of aryl methyl sites for hydroxylation is 1. The molecule has 0 aliphatic carbocycles. The van der Waals surface area contributed by atoms with E-state index in [0.717, 1.165) is 22.6 Å². The highest BCUT2D eigenvalue weighted by Crippen LogP contribution is 2.27. The van der Waals surface area contributed by atoms with Gasteiger partial charge in [0.25, 0.3) is 23.4 Å². The van der Waals surface area contributed by atoms with Crippen molar-refractivity contribution < 1.29 is 24.1 Å². The van der Waals surface area contributed by atoms with E-state index < -0.39 is 29.2 Å². The highest BCUT2D eigenvalue weighted by Gasteiger charge is 2.39. The van der Waals surface area contributed by atoms with Crippen LogP contribution in [0.1, 0.15) is 36.6 Å². The molecular formula is C22H20N4O6. The molecule has 10 nitrogen and oxygen atoms in total. The van der Waals surface area contributed by atoms with Crippen molar-refractivity contribution in [2.45, 2.75) is 6.92 Å². The zero-order valence-electron chi connectivity index (χ0n) is 17.3. The lowest BCUT2D eigenvalue weighted by Gasteiger charge is -2.35. The van der Waals surface area contributed by atoms with Crippen LogP contribution in [-0.4, -0.2) is 76.0 Å². The topological polar surface area (TPSA) is 121 Å². The number of piperazine rings is 1. The number of imide groups is 1. The van der Waals surface area contributed by atoms with Crippen LogP contribution in [0.15, 0.2) is 42.5 Å². The Morgan fingerprint density at radius 3 is 2.22 bits per heavy atom. The van der Waals surface area contributed by atoms with E-state index in [0.29, 0.717) is 18.7 Å². The molecule has 0 N–H and O–H groups in total. The monoisotopic (exact) mass is 436 g/mol. The van der Waals surface area contributed by atoms with Crippen LogP contribution in [0.3, 0.4) is 0 Å². The first kappa shape index (κ1) is 21.2. The van der Waals surface area contributed by atoms with Gasteiger partial charge >= 0.3 is 0 Å². The Kier molecular flexibility index (Phi) is 5.43. The molecule has 4 amide bonds. The molecule has 0 atom stereocenters. The van der Waals surface area contributed by atoms with Crippen molar-refractivity contribution in [2.75, 3.05) is 32.7 Å². The molecule has 0 unspecified atom stereocenters. The number of carbonyl (C=O) groups excluding carboxylic acids is 4. The summed E-state index contributed by atoms with van der Waals surface area (Å²) >= 11 is 0. The quantitative estimate of drug-likeness (QED) is 0.407. The van der Waals surface area contributed by atoms with Crippen molar-refractivity contribution in [3.8, 4) is 0 Å². The van der Waals surface area contributed by atoms with Crippen molar-refractivity contribution in [1.82, 2.24) is 14.7 Å². The van der Waals surface area contributed by atoms with Crippen molar-refractivity contribution >= 4 is 29.3 Å². The van der Waals surface area contributed by atoms with Gasteiger partial charge in [0.05, 0.1) is 16.1 Å². The molecule has 2 heterocycles. The minimum Gasteiger partial charge on any atom is -0.338 e. The van der Waals surface area contributed by atoms with Crippen LogP contribution in [0, 0.1) is 17.0 Å². The lowest BCUT2D eigenvalue weighted by molar-refractivity contribution is -0.384. The highest BCUT2D eigenvalue weighted by atomic mass is 16.6. The van der Waals surface area contributed by atoms with Crippen molar-refractivity contribution in [3.05, 3.63) is 74.8 Å². The normalized spacial score (nSPS) is 15.7. The van der Waals surface area contributed by atoms with E-state index in [1.807, 2.05) is 19.1 Å². The van der Waals surface area contributed by atoms with E-state index in [2.05, 4.69) is 0 Å². The first-order valence-corrected chi connectivity index (χ1v) is 10.0. The van der Waals surface area contributed by atoms with E-state index in [4.69, 9.17) is 0 Å². The van der Waals surface area contributed by atoms with Crippen molar-refractivity contribution in [2.24, 2.45) is 0 Å². The molecule has 0 radical (unpaired) electrons. The van der Waals surface area contributed by atoms with Crippen LogP contribution in [-0.2, 0) is 4.79 Å². The average molecular weight is 436 g/mol. The standard InChI is InChI=1S/C22H20N4O6/c1-14-4-2-3-5-16(14)20(28)24-10-8-23(9-11-24)19(27)13-25-21(29)17-7-6-15(26(31)32)12-18(17)22(25)30/h2-7,12H,8-11,13H2,1H3. The van der Waals surface area contributed by atoms with Gasteiger partial charge in [-0.05, 0) is 24.6 Å². The molecule has 164 valence electrons. The van der Waals surface area contributed by atoms with Crippen LogP contribution >= 0.6 is 0 Å². The number of nitro groups is 1. The van der Waals surface area contributed by atoms with Gasteiger partial charge in [-0.2, -0.15) is 0 Å². The molecule has 2 aromatic carbocycles. The summed E-state index contributed by atoms with van der Waals surface area (Å²) in [5, 5.41) is 10.9. The predicted molar refractivity (Wildman–Crippen MR) is 112 cm³/mol. The van der Waals surface area contributed by atoms with E-state index >= 15 is 0 Å². The zero-order valence-corrected chi connectivity index (χ0v) is 17.3. The smallest absolute Gasteiger partial charge is 0.270 e. The Hall–Kier alpha value is -4.08. The summed E-state index contributed by atoms with van der Waals surface area (Å²) in [7, 11) is 0. The third kappa shape index (κ3) is 3.70. The number of nitro benzene ring substituents is 1. The number of rotatable bonds is 4. The maximum absolute atomic E-state index is 12.7. The average Bonchev–Trinajstić information content (AvgIpc) is 3.03. The number of non-ortho nitro benzene ring substituents is 1. The Morgan fingerprint density at radius 2 is 1.56 bits per heavy atom. The maximum Gasteiger partial charge on any atom is 0.270 e. The molecule has 2 aliphatic heterocycles. The molecule has 1 fully saturated rings. The van der Waals surface area contributed by atoms with Crippen LogP contribution in [0.4, 0.5) is 5.69 Å². The maximum atomic E-state index is 12.7. The molecule has 32 heavy (non-hydrogen) atoms. The van der Waals surface area contributed by atoms with Gasteiger partial charge in [0.2, 0.25) is 5.91 Å². The molecule has 10 heteroatoms. The van der Waals surface area contributed by atoms with Crippen LogP contribution in [0.2, 0.25) is 0 Å². The lowest BCUT2D eigenvalue weighted by Crippen LogP contribution is -2.53. The number of nitrogens with zero attached hydrogens (tertiary/aromatic N) is 4. The summed E-state index contributed by atoms with van der Waals surface area (Å²) in [4.78, 5) is 64.9. The van der Waals surface area contributed by atoms with Crippen LogP contribution in [0.25, 0.3) is 0 Å². The number of carbonyl (C=O) groups is 4. The molecule has 2 aromatic rings. The second-order valence-corrected chi connectivity index (χ2v) is 7.67. The first-order chi connectivity index (χ1) is 15.3. The van der Waals surface area contributed by atoms with Gasteiger partial charge in [-0.15, -0.1) is 0 Å². The summed E-state index contributed by atoms with van der Waals surface area (Å²) in [6, 6.07) is 10.7. The summed E-state index contributed by atoms with van der Waals surface area (Å²) in [5.74, 6) is -1.90. The minimum atomic E-state index is -0.726. The SMILES string of the molecule is Cc1ccccc1C(=O)N1CCN(C(=O)CN2C(=O)c3ccc([N+](=O)[O-])cc3C2=O)CC1. The van der Waals surface area contributed by atoms with Gasteiger partial charge < -0.3 is 9.80 Å². The number of hydrogen-bond donors (Lipinski definition) is 0. The van der Waals surface area contributed by atoms with Gasteiger partial charge in [-0.25, -0.2) is 0 Å². The minimum absolute atomic E-state index is 0.0436. The lowest BCUT2D eigenvalue weighted by atomic mass is 10.1. The van der Waals surface area contributed by atoms with E-state index in [9.17, 15) is 29.3 Å². The largest absolute Gasteiger partial charge is 0.338 e. The Bertz CT molecular complexity index is 1150. The second-order valence-electron chi connectivity index (χ2n) is 7.67. The third-order valence-electron chi connectivity index (χ3n) is 5.75. The van der Waals surface area contributed by atoms with Gasteiger partial charge in [0, 0.05) is 43.9 Å². The molecule has 0 aromatic heterocycles. The fourth-order valence-corrected chi connectivity index (χ4v) is 3.91. The van der Waals surface area contributed by atoms with Gasteiger partial charge in [-0.1, -0.05) is 18.2 Å². The predicted octanol–water partition coefficient (Wildman–Crippen LogP) is 1.48. The fourth-order valence-electron chi connectivity index (χ4n) is 3.91. The summed E-state index contributed by atoms with van der Waals surface area (Å²) in [5.41, 5.74) is 1.16. The van der Waals surface area contributed by atoms with E-state index in [-0.39, 0.29) is 35.8 Å². The summed E-state index contributed by atoms with van der Waals surface area (Å²) in [6.07, 6.45) is 0. The second kappa shape index (κ2) is 8.22. The fraction of sp³-hybridized carbons (Fsp3) is 0.273. The Balaban J connectivity index is 1.39. The Morgan fingerprint density at radius 1 is 0.938 bits per heavy atom. The number of amides is 4. The molecule has 0 bridgehead atoms. The number of benzene rings is 2. The van der Waals surface area contributed by atoms with Crippen molar-refractivity contribution in [1.29, 1.82) is 0 Å². The van der Waals surface area contributed by atoms with E-state index in [1.54, 1.807) is 17.0 Å². The highest BCUT2D eigenvalue weighted by molar-refractivity contribution is 6.22. The molecular weight excluding hydrogens is 416 g/mol. The van der Waals surface area contributed by atoms with Crippen molar-refractivity contribution in [3.63, 3.8) is 0 Å². The zero-order chi connectivity index (χ0) is 23.0. The van der Waals surface area contributed by atoms with Gasteiger partial charge in [0.15, 0.2) is 0 Å². The Labute approximate surface area is 183 Å². The number of hydrogen-bond acceptors (Lipinski definition) is 6. The van der Waals surface area contributed by atoms with Gasteiger partial charge in [0.1, 0.15) is 6.54 Å². The summed E-state index contributed by atoms with van der Waals surface area (Å²) in [6.45, 7) is 2.66. The molecule has 0 saturated carbocycles. The molecule has 2 aliphatic rings. The molecule has 1 saturated heterocycles. The third-order valence-corrected chi connectivity index (χ3v) is 5.75. The first-order valence-electron chi connectivity index (χ1n) is 10.0. The molecule has 0 spiro atoms. The van der Waals surface area contributed by atoms with E-state index in [1.165, 1.54) is 11.0 Å². The van der Waals surface area contributed by atoms with Crippen LogP contribution < -0.4 is 0 Å². The number of fused-ring (bicyclic) bond motifs is 1. The molecule has 4 rings (SSSR count).